The van der Waals surface area contributed by atoms with Crippen LogP contribution in [0.5, 0.6) is 0 Å². The molecule has 1 aromatic carbocycles. The van der Waals surface area contributed by atoms with Gasteiger partial charge in [-0.2, -0.15) is 0 Å². The third-order valence-electron chi connectivity index (χ3n) is 9.87. The van der Waals surface area contributed by atoms with Crippen molar-refractivity contribution in [2.75, 3.05) is 38.5 Å². The zero-order chi connectivity index (χ0) is 34.1. The van der Waals surface area contributed by atoms with Crippen LogP contribution in [0.3, 0.4) is 0 Å². The molecular weight excluding hydrogens is 630 g/mol. The summed E-state index contributed by atoms with van der Waals surface area (Å²) in [6, 6.07) is 5.15. The van der Waals surface area contributed by atoms with Crippen LogP contribution in [-0.4, -0.2) is 106 Å². The van der Waals surface area contributed by atoms with E-state index >= 15 is 0 Å². The summed E-state index contributed by atoms with van der Waals surface area (Å²) in [5.41, 5.74) is 3.55. The second-order valence-electron chi connectivity index (χ2n) is 13.9. The van der Waals surface area contributed by atoms with Gasteiger partial charge in [-0.1, -0.05) is 33.8 Å². The van der Waals surface area contributed by atoms with Crippen molar-refractivity contribution in [2.45, 2.75) is 90.4 Å². The molecule has 4 fully saturated rings. The molecule has 2 aromatic heterocycles. The van der Waals surface area contributed by atoms with E-state index < -0.39 is 18.9 Å². The van der Waals surface area contributed by atoms with E-state index in [-0.39, 0.29) is 55.4 Å². The predicted octanol–water partition coefficient (Wildman–Crippen LogP) is 2.89. The van der Waals surface area contributed by atoms with E-state index in [1.165, 1.54) is 0 Å². The number of hydrogen-bond acceptors (Lipinski definition) is 12. The van der Waals surface area contributed by atoms with Crippen LogP contribution in [0, 0.1) is 11.8 Å². The number of carbonyl (C=O) groups is 2. The van der Waals surface area contributed by atoms with Gasteiger partial charge in [-0.25, -0.2) is 15.0 Å². The standard InChI is InChI=1S/C34H47N9O6/c1-19(2)27(40-33-46-17-47-33)30(44)42-11-5-7-23(42)16-37-32-35-14-22(15-36-32)21-9-10-24-25(13-21)39-29(38-24)26-8-6-12-43(26)31(45)28(20(3)4)41-34-48-18-49-34/h9-10,13-15,19-20,23,26-28,33-34,40-41H,5-8,11-12,16-18H2,1-4H3,(H,38,39)(H,35,36,37)/t23-,26-,27-,28-/m0/s1. The third kappa shape index (κ3) is 7.28. The summed E-state index contributed by atoms with van der Waals surface area (Å²) in [5, 5.41) is 9.72. The Hall–Kier alpha value is -3.73. The van der Waals surface area contributed by atoms with E-state index in [0.29, 0.717) is 19.0 Å². The lowest BCUT2D eigenvalue weighted by atomic mass is 10.0. The van der Waals surface area contributed by atoms with Crippen molar-refractivity contribution >= 4 is 28.8 Å². The molecular formula is C34H47N9O6. The molecule has 264 valence electrons. The third-order valence-corrected chi connectivity index (χ3v) is 9.87. The van der Waals surface area contributed by atoms with Crippen LogP contribution >= 0.6 is 0 Å². The number of aromatic amines is 1. The number of ether oxygens (including phenoxy) is 4. The number of benzene rings is 1. The molecule has 4 aliphatic rings. The quantitative estimate of drug-likeness (QED) is 0.209. The highest BCUT2D eigenvalue weighted by Crippen LogP contribution is 2.34. The number of H-pyrrole nitrogens is 1. The Morgan fingerprint density at radius 3 is 2.08 bits per heavy atom. The molecule has 0 saturated carbocycles. The highest BCUT2D eigenvalue weighted by Gasteiger charge is 2.39. The van der Waals surface area contributed by atoms with Crippen molar-refractivity contribution < 1.29 is 28.5 Å². The number of carbonyl (C=O) groups excluding carboxylic acids is 2. The fourth-order valence-corrected chi connectivity index (χ4v) is 7.01. The average molecular weight is 678 g/mol. The first-order chi connectivity index (χ1) is 23.7. The number of hydrogen-bond donors (Lipinski definition) is 4. The Morgan fingerprint density at radius 2 is 1.47 bits per heavy atom. The predicted molar refractivity (Wildman–Crippen MR) is 179 cm³/mol. The topological polar surface area (TPSA) is 168 Å². The number of fused-ring (bicyclic) bond motifs is 1. The number of amides is 2. The van der Waals surface area contributed by atoms with Crippen LogP contribution in [0.25, 0.3) is 22.2 Å². The monoisotopic (exact) mass is 677 g/mol. The number of likely N-dealkylation sites (tertiary alicyclic amines) is 2. The molecule has 7 rings (SSSR count). The molecule has 0 aliphatic carbocycles. The van der Waals surface area contributed by atoms with E-state index in [0.717, 1.165) is 60.2 Å². The number of aromatic nitrogens is 4. The maximum atomic E-state index is 13.7. The summed E-state index contributed by atoms with van der Waals surface area (Å²) in [4.78, 5) is 48.5. The van der Waals surface area contributed by atoms with E-state index in [1.807, 2.05) is 55.7 Å². The normalized spacial score (nSPS) is 22.9. The van der Waals surface area contributed by atoms with E-state index in [2.05, 4.69) is 30.9 Å². The maximum Gasteiger partial charge on any atom is 0.240 e. The summed E-state index contributed by atoms with van der Waals surface area (Å²) >= 11 is 0. The second kappa shape index (κ2) is 14.6. The summed E-state index contributed by atoms with van der Waals surface area (Å²) in [6.45, 7) is 10.5. The lowest BCUT2D eigenvalue weighted by molar-refractivity contribution is -0.335. The van der Waals surface area contributed by atoms with Crippen LogP contribution < -0.4 is 16.0 Å². The number of imidazole rings is 1. The summed E-state index contributed by atoms with van der Waals surface area (Å²) in [6.07, 6.45) is 6.15. The van der Waals surface area contributed by atoms with Crippen molar-refractivity contribution in [3.05, 3.63) is 36.4 Å². The minimum absolute atomic E-state index is 0.0294. The van der Waals surface area contributed by atoms with Gasteiger partial charge in [0, 0.05) is 43.6 Å². The fourth-order valence-electron chi connectivity index (χ4n) is 7.01. The molecule has 4 saturated heterocycles. The molecule has 2 amide bonds. The molecule has 0 spiro atoms. The molecule has 0 radical (unpaired) electrons. The van der Waals surface area contributed by atoms with Crippen molar-refractivity contribution in [3.63, 3.8) is 0 Å². The van der Waals surface area contributed by atoms with Gasteiger partial charge in [0.25, 0.3) is 0 Å². The maximum absolute atomic E-state index is 13.7. The van der Waals surface area contributed by atoms with Gasteiger partial charge in [0.05, 0.1) is 29.2 Å². The van der Waals surface area contributed by atoms with Crippen LogP contribution in [0.1, 0.15) is 65.2 Å². The summed E-state index contributed by atoms with van der Waals surface area (Å²) in [7, 11) is 0. The van der Waals surface area contributed by atoms with Gasteiger partial charge < -0.3 is 39.0 Å². The highest BCUT2D eigenvalue weighted by atomic mass is 16.9. The van der Waals surface area contributed by atoms with Crippen molar-refractivity contribution in [2.24, 2.45) is 11.8 Å². The molecule has 15 nitrogen and oxygen atoms in total. The molecule has 15 heteroatoms. The first-order valence-electron chi connectivity index (χ1n) is 17.4. The summed E-state index contributed by atoms with van der Waals surface area (Å²) in [5.74, 6) is 1.54. The van der Waals surface area contributed by atoms with Gasteiger partial charge in [-0.15, -0.1) is 0 Å². The van der Waals surface area contributed by atoms with Gasteiger partial charge in [0.2, 0.25) is 30.6 Å². The Morgan fingerprint density at radius 1 is 0.857 bits per heavy atom. The molecule has 49 heavy (non-hydrogen) atoms. The van der Waals surface area contributed by atoms with Crippen LogP contribution in [0.2, 0.25) is 0 Å². The van der Waals surface area contributed by atoms with Crippen LogP contribution in [-0.2, 0) is 28.5 Å². The Labute approximate surface area is 285 Å². The first kappa shape index (κ1) is 33.8. The van der Waals surface area contributed by atoms with Crippen LogP contribution in [0.15, 0.2) is 30.6 Å². The van der Waals surface area contributed by atoms with Gasteiger partial charge in [0.15, 0.2) is 13.6 Å². The van der Waals surface area contributed by atoms with Gasteiger partial charge >= 0.3 is 0 Å². The fraction of sp³-hybridized carbons (Fsp3) is 0.618. The molecule has 0 bridgehead atoms. The number of nitrogens with zero attached hydrogens (tertiary/aromatic N) is 5. The zero-order valence-electron chi connectivity index (χ0n) is 28.6. The van der Waals surface area contributed by atoms with Crippen molar-refractivity contribution in [1.82, 2.24) is 40.4 Å². The smallest absolute Gasteiger partial charge is 0.240 e. The van der Waals surface area contributed by atoms with Gasteiger partial charge in [-0.3, -0.25) is 20.2 Å². The molecule has 0 unspecified atom stereocenters. The molecule has 3 aromatic rings. The highest BCUT2D eigenvalue weighted by molar-refractivity contribution is 5.84. The van der Waals surface area contributed by atoms with Crippen LogP contribution in [0.4, 0.5) is 5.95 Å². The largest absolute Gasteiger partial charge is 0.352 e. The van der Waals surface area contributed by atoms with E-state index in [1.54, 1.807) is 12.4 Å². The van der Waals surface area contributed by atoms with Gasteiger partial charge in [0.1, 0.15) is 5.82 Å². The minimum Gasteiger partial charge on any atom is -0.352 e. The molecule has 4 aliphatic heterocycles. The lowest BCUT2D eigenvalue weighted by Crippen LogP contribution is -2.57. The SMILES string of the molecule is CC(C)[C@H](NC1OCO1)C(=O)N1CCC[C@H]1CNc1ncc(-c2ccc3nc([C@@H]4CCCN4C(=O)[C@@H](NC4OCO4)C(C)C)[nH]c3c2)cn1. The Bertz CT molecular complexity index is 1610. The van der Waals surface area contributed by atoms with E-state index in [9.17, 15) is 9.59 Å². The lowest BCUT2D eigenvalue weighted by Gasteiger charge is -2.35. The average Bonchev–Trinajstić information content (AvgIpc) is 3.81. The molecule has 6 heterocycles. The minimum atomic E-state index is -0.543. The zero-order valence-corrected chi connectivity index (χ0v) is 28.6. The Balaban J connectivity index is 0.982. The Kier molecular flexibility index (Phi) is 10.1. The summed E-state index contributed by atoms with van der Waals surface area (Å²) < 4.78 is 21.3. The number of rotatable bonds is 13. The molecule has 4 N–H and O–H groups in total. The first-order valence-corrected chi connectivity index (χ1v) is 17.4. The number of anilines is 1. The van der Waals surface area contributed by atoms with Crippen molar-refractivity contribution in [3.8, 4) is 11.1 Å². The second-order valence-corrected chi connectivity index (χ2v) is 13.9. The van der Waals surface area contributed by atoms with E-state index in [4.69, 9.17) is 23.9 Å². The molecule has 4 atom stereocenters. The number of nitrogens with one attached hydrogen (secondary N) is 4. The van der Waals surface area contributed by atoms with Crippen molar-refractivity contribution in [1.29, 1.82) is 0 Å². The van der Waals surface area contributed by atoms with Gasteiger partial charge in [-0.05, 0) is 55.2 Å².